The number of rotatable bonds is 6. The summed E-state index contributed by atoms with van der Waals surface area (Å²) < 4.78 is 6.91. The van der Waals surface area contributed by atoms with E-state index in [1.807, 2.05) is 17.0 Å². The summed E-state index contributed by atoms with van der Waals surface area (Å²) in [5.74, 6) is 0.536. The largest absolute Gasteiger partial charge is 0.372 e. The number of carbonyl (C=O) groups is 1. The maximum atomic E-state index is 12.3. The number of amides is 1. The summed E-state index contributed by atoms with van der Waals surface area (Å²) in [5, 5.41) is 4.58. The number of pyridine rings is 1. The van der Waals surface area contributed by atoms with Crippen molar-refractivity contribution < 1.29 is 9.53 Å². The average Bonchev–Trinajstić information content (AvgIpc) is 2.99. The number of hydrogen-bond donors (Lipinski definition) is 0. The second-order valence-corrected chi connectivity index (χ2v) is 8.05. The van der Waals surface area contributed by atoms with Gasteiger partial charge in [-0.2, -0.15) is 5.10 Å². The van der Waals surface area contributed by atoms with Crippen molar-refractivity contribution in [3.05, 3.63) is 47.0 Å². The molecule has 2 fully saturated rings. The second-order valence-electron chi connectivity index (χ2n) is 8.05. The fourth-order valence-corrected chi connectivity index (χ4v) is 4.13. The van der Waals surface area contributed by atoms with E-state index in [1.165, 1.54) is 0 Å². The van der Waals surface area contributed by atoms with Gasteiger partial charge in [-0.25, -0.2) is 4.68 Å². The molecular weight excluding hydrogens is 382 g/mol. The first-order valence-electron chi connectivity index (χ1n) is 10.8. The highest BCUT2D eigenvalue weighted by atomic mass is 16.5. The molecule has 2 saturated heterocycles. The smallest absolute Gasteiger partial charge is 0.266 e. The lowest BCUT2D eigenvalue weighted by molar-refractivity contribution is -0.134. The van der Waals surface area contributed by atoms with Crippen LogP contribution in [0.15, 0.2) is 41.5 Å². The van der Waals surface area contributed by atoms with Gasteiger partial charge in [0.25, 0.3) is 5.56 Å². The molecule has 2 aliphatic rings. The topological polar surface area (TPSA) is 80.6 Å². The molecule has 0 N–H and O–H groups in total. The standard InChI is InChI=1S/C22H29N5O3/c28-21-3-2-20(19-4-8-23-9-5-19)24-27(21)16-18-6-11-25(12-7-18)13-14-26-10-1-15-30-17-22(26)29/h2-5,8-9,18H,1,6-7,10-17H2. The molecule has 4 rings (SSSR count). The molecule has 0 aromatic carbocycles. The average molecular weight is 412 g/mol. The Labute approximate surface area is 176 Å². The molecule has 8 nitrogen and oxygen atoms in total. The zero-order valence-corrected chi connectivity index (χ0v) is 17.3. The summed E-state index contributed by atoms with van der Waals surface area (Å²) in [7, 11) is 0. The number of hydrogen-bond acceptors (Lipinski definition) is 6. The van der Waals surface area contributed by atoms with Crippen LogP contribution in [-0.2, 0) is 16.1 Å². The van der Waals surface area contributed by atoms with Crippen LogP contribution in [0.25, 0.3) is 11.3 Å². The second kappa shape index (κ2) is 9.95. The number of aromatic nitrogens is 3. The monoisotopic (exact) mass is 411 g/mol. The summed E-state index contributed by atoms with van der Waals surface area (Å²) in [6.45, 7) is 5.96. The first-order valence-corrected chi connectivity index (χ1v) is 10.8. The predicted octanol–water partition coefficient (Wildman–Crippen LogP) is 1.27. The molecule has 1 amide bonds. The van der Waals surface area contributed by atoms with Crippen molar-refractivity contribution in [2.24, 2.45) is 5.92 Å². The molecule has 2 aromatic rings. The third-order valence-electron chi connectivity index (χ3n) is 5.96. The van der Waals surface area contributed by atoms with Gasteiger partial charge in [-0.05, 0) is 56.5 Å². The molecule has 8 heteroatoms. The Morgan fingerprint density at radius 1 is 1.00 bits per heavy atom. The molecule has 0 radical (unpaired) electrons. The zero-order valence-electron chi connectivity index (χ0n) is 17.3. The van der Waals surface area contributed by atoms with Gasteiger partial charge >= 0.3 is 0 Å². The van der Waals surface area contributed by atoms with E-state index in [-0.39, 0.29) is 18.1 Å². The van der Waals surface area contributed by atoms with Gasteiger partial charge in [-0.15, -0.1) is 0 Å². The highest BCUT2D eigenvalue weighted by Gasteiger charge is 2.22. The van der Waals surface area contributed by atoms with E-state index in [0.717, 1.165) is 63.2 Å². The fraction of sp³-hybridized carbons (Fsp3) is 0.545. The predicted molar refractivity (Wildman–Crippen MR) is 113 cm³/mol. The lowest BCUT2D eigenvalue weighted by Crippen LogP contribution is -2.43. The van der Waals surface area contributed by atoms with Gasteiger partial charge in [-0.1, -0.05) is 0 Å². The number of ether oxygens (including phenoxy) is 1. The van der Waals surface area contributed by atoms with Crippen LogP contribution in [0, 0.1) is 5.92 Å². The Morgan fingerprint density at radius 2 is 1.80 bits per heavy atom. The van der Waals surface area contributed by atoms with Crippen LogP contribution in [0.1, 0.15) is 19.3 Å². The van der Waals surface area contributed by atoms with Crippen LogP contribution in [0.5, 0.6) is 0 Å². The third kappa shape index (κ3) is 5.31. The van der Waals surface area contributed by atoms with E-state index < -0.39 is 0 Å². The van der Waals surface area contributed by atoms with Crippen LogP contribution < -0.4 is 5.56 Å². The van der Waals surface area contributed by atoms with E-state index in [4.69, 9.17) is 4.74 Å². The van der Waals surface area contributed by atoms with E-state index in [1.54, 1.807) is 29.2 Å². The van der Waals surface area contributed by atoms with Crippen molar-refractivity contribution in [2.45, 2.75) is 25.8 Å². The Morgan fingerprint density at radius 3 is 2.60 bits per heavy atom. The fourth-order valence-electron chi connectivity index (χ4n) is 4.13. The first kappa shape index (κ1) is 20.7. The lowest BCUT2D eigenvalue weighted by atomic mass is 9.97. The van der Waals surface area contributed by atoms with E-state index in [2.05, 4.69) is 15.0 Å². The summed E-state index contributed by atoms with van der Waals surface area (Å²) in [6, 6.07) is 7.17. The molecule has 0 atom stereocenters. The van der Waals surface area contributed by atoms with Gasteiger partial charge in [0.05, 0.1) is 5.69 Å². The van der Waals surface area contributed by atoms with E-state index >= 15 is 0 Å². The summed E-state index contributed by atoms with van der Waals surface area (Å²) in [5.41, 5.74) is 1.69. The summed E-state index contributed by atoms with van der Waals surface area (Å²) in [4.78, 5) is 32.7. The molecule has 2 aliphatic heterocycles. The van der Waals surface area contributed by atoms with Gasteiger partial charge in [0.15, 0.2) is 0 Å². The van der Waals surface area contributed by atoms with Crippen molar-refractivity contribution in [3.63, 3.8) is 0 Å². The molecule has 2 aromatic heterocycles. The number of likely N-dealkylation sites (tertiary alicyclic amines) is 1. The third-order valence-corrected chi connectivity index (χ3v) is 5.96. The van der Waals surface area contributed by atoms with Gasteiger partial charge in [-0.3, -0.25) is 14.6 Å². The molecule has 0 bridgehead atoms. The van der Waals surface area contributed by atoms with Gasteiger partial charge in [0, 0.05) is 56.8 Å². The van der Waals surface area contributed by atoms with Crippen molar-refractivity contribution in [1.82, 2.24) is 24.6 Å². The maximum Gasteiger partial charge on any atom is 0.266 e. The normalized spacial score (nSPS) is 19.1. The van der Waals surface area contributed by atoms with Crippen LogP contribution >= 0.6 is 0 Å². The van der Waals surface area contributed by atoms with Crippen molar-refractivity contribution >= 4 is 5.91 Å². The highest BCUT2D eigenvalue weighted by molar-refractivity contribution is 5.77. The molecule has 0 spiro atoms. The molecule has 0 saturated carbocycles. The Bertz CT molecular complexity index is 893. The minimum absolute atomic E-state index is 0.0582. The van der Waals surface area contributed by atoms with Crippen LogP contribution in [0.2, 0.25) is 0 Å². The lowest BCUT2D eigenvalue weighted by Gasteiger charge is -2.33. The highest BCUT2D eigenvalue weighted by Crippen LogP contribution is 2.19. The van der Waals surface area contributed by atoms with E-state index in [9.17, 15) is 9.59 Å². The molecular formula is C22H29N5O3. The van der Waals surface area contributed by atoms with Crippen LogP contribution in [0.4, 0.5) is 0 Å². The molecule has 0 unspecified atom stereocenters. The van der Waals surface area contributed by atoms with Crippen molar-refractivity contribution in [3.8, 4) is 11.3 Å². The maximum absolute atomic E-state index is 12.3. The van der Waals surface area contributed by atoms with Gasteiger partial charge in [0.1, 0.15) is 6.61 Å². The summed E-state index contributed by atoms with van der Waals surface area (Å²) >= 11 is 0. The molecule has 0 aliphatic carbocycles. The SMILES string of the molecule is O=C1COCCCN1CCN1CCC(Cn2nc(-c3ccncc3)ccc2=O)CC1. The van der Waals surface area contributed by atoms with E-state index in [0.29, 0.717) is 19.1 Å². The Hall–Kier alpha value is -2.58. The van der Waals surface area contributed by atoms with Gasteiger partial charge < -0.3 is 14.5 Å². The first-order chi connectivity index (χ1) is 14.7. The number of piperidine rings is 1. The zero-order chi connectivity index (χ0) is 20.8. The van der Waals surface area contributed by atoms with Crippen molar-refractivity contribution in [2.75, 3.05) is 45.9 Å². The number of nitrogens with zero attached hydrogens (tertiary/aromatic N) is 5. The van der Waals surface area contributed by atoms with Gasteiger partial charge in [0.2, 0.25) is 5.91 Å². The molecule has 160 valence electrons. The Kier molecular flexibility index (Phi) is 6.86. The molecule has 4 heterocycles. The molecule has 30 heavy (non-hydrogen) atoms. The van der Waals surface area contributed by atoms with Crippen LogP contribution in [-0.4, -0.2) is 76.4 Å². The number of carbonyl (C=O) groups excluding carboxylic acids is 1. The summed E-state index contributed by atoms with van der Waals surface area (Å²) in [6.07, 6.45) is 6.44. The Balaban J connectivity index is 1.29. The van der Waals surface area contributed by atoms with Crippen LogP contribution in [0.3, 0.4) is 0 Å². The minimum atomic E-state index is -0.0582. The minimum Gasteiger partial charge on any atom is -0.372 e. The van der Waals surface area contributed by atoms with Crippen molar-refractivity contribution in [1.29, 1.82) is 0 Å². The quantitative estimate of drug-likeness (QED) is 0.712.